The molecule has 118 valence electrons. The molecule has 0 aliphatic rings. The van der Waals surface area contributed by atoms with Crippen molar-refractivity contribution in [1.82, 2.24) is 4.72 Å². The Balaban J connectivity index is 2.85. The van der Waals surface area contributed by atoms with E-state index in [1.165, 1.54) is 0 Å². The predicted molar refractivity (Wildman–Crippen MR) is 81.7 cm³/mol. The van der Waals surface area contributed by atoms with Crippen molar-refractivity contribution >= 4 is 16.0 Å². The van der Waals surface area contributed by atoms with Crippen molar-refractivity contribution in [2.75, 3.05) is 0 Å². The van der Waals surface area contributed by atoms with E-state index in [9.17, 15) is 13.2 Å². The molecule has 0 amide bonds. The maximum atomic E-state index is 12.3. The van der Waals surface area contributed by atoms with Crippen molar-refractivity contribution in [2.24, 2.45) is 0 Å². The van der Waals surface area contributed by atoms with Gasteiger partial charge in [-0.1, -0.05) is 38.8 Å². The van der Waals surface area contributed by atoms with Crippen LogP contribution in [0.2, 0.25) is 0 Å². The highest BCUT2D eigenvalue weighted by Crippen LogP contribution is 2.14. The number of carboxylic acid groups (broad SMARTS) is 1. The van der Waals surface area contributed by atoms with Gasteiger partial charge >= 0.3 is 5.97 Å². The third kappa shape index (κ3) is 5.85. The van der Waals surface area contributed by atoms with Crippen molar-refractivity contribution in [3.8, 4) is 0 Å². The molecule has 1 atom stereocenters. The lowest BCUT2D eigenvalue weighted by Gasteiger charge is -2.16. The first-order chi connectivity index (χ1) is 9.89. The number of carboxylic acids is 1. The van der Waals surface area contributed by atoms with Gasteiger partial charge in [0.15, 0.2) is 0 Å². The molecule has 1 aromatic rings. The molecule has 1 unspecified atom stereocenters. The van der Waals surface area contributed by atoms with Crippen LogP contribution < -0.4 is 4.72 Å². The van der Waals surface area contributed by atoms with Gasteiger partial charge in [0.25, 0.3) is 0 Å². The van der Waals surface area contributed by atoms with Crippen molar-refractivity contribution in [3.63, 3.8) is 0 Å². The maximum absolute atomic E-state index is 12.3. The number of aryl methyl sites for hydroxylation is 1. The minimum Gasteiger partial charge on any atom is -0.481 e. The summed E-state index contributed by atoms with van der Waals surface area (Å²) < 4.78 is 27.0. The third-order valence-corrected chi connectivity index (χ3v) is 4.69. The van der Waals surface area contributed by atoms with E-state index in [0.717, 1.165) is 24.8 Å². The summed E-state index contributed by atoms with van der Waals surface area (Å²) in [5.41, 5.74) is 1.09. The molecular formula is C15H23NO4S. The van der Waals surface area contributed by atoms with Crippen molar-refractivity contribution < 1.29 is 18.3 Å². The number of hydrogen-bond donors (Lipinski definition) is 2. The van der Waals surface area contributed by atoms with Crippen LogP contribution in [-0.2, 0) is 21.2 Å². The summed E-state index contributed by atoms with van der Waals surface area (Å²) >= 11 is 0. The van der Waals surface area contributed by atoms with Gasteiger partial charge in [-0.05, 0) is 30.5 Å². The fourth-order valence-corrected chi connectivity index (χ4v) is 3.44. The molecule has 2 N–H and O–H groups in total. The third-order valence-electron chi connectivity index (χ3n) is 3.15. The van der Waals surface area contributed by atoms with Gasteiger partial charge in [-0.2, -0.15) is 0 Å². The zero-order valence-electron chi connectivity index (χ0n) is 12.5. The summed E-state index contributed by atoms with van der Waals surface area (Å²) in [5.74, 6) is -1.01. The van der Waals surface area contributed by atoms with Crippen LogP contribution in [-0.4, -0.2) is 25.5 Å². The highest BCUT2D eigenvalue weighted by molar-refractivity contribution is 7.89. The Bertz CT molecular complexity index is 552. The highest BCUT2D eigenvalue weighted by atomic mass is 32.2. The Morgan fingerprint density at radius 1 is 1.19 bits per heavy atom. The first kappa shape index (κ1) is 17.7. The van der Waals surface area contributed by atoms with Gasteiger partial charge < -0.3 is 5.11 Å². The second-order valence-electron chi connectivity index (χ2n) is 5.10. The van der Waals surface area contributed by atoms with E-state index < -0.39 is 22.0 Å². The van der Waals surface area contributed by atoms with Gasteiger partial charge in [-0.15, -0.1) is 0 Å². The van der Waals surface area contributed by atoms with Crippen LogP contribution in [0.15, 0.2) is 29.2 Å². The fourth-order valence-electron chi connectivity index (χ4n) is 2.17. The number of aliphatic carboxylic acids is 1. The molecule has 5 nitrogen and oxygen atoms in total. The minimum absolute atomic E-state index is 0.175. The molecule has 0 heterocycles. The molecule has 0 aliphatic carbocycles. The predicted octanol–water partition coefficient (Wildman–Crippen LogP) is 2.56. The summed E-state index contributed by atoms with van der Waals surface area (Å²) in [6.45, 7) is 3.95. The van der Waals surface area contributed by atoms with Gasteiger partial charge in [-0.3, -0.25) is 4.79 Å². The average Bonchev–Trinajstić information content (AvgIpc) is 2.38. The Kier molecular flexibility index (Phi) is 6.84. The van der Waals surface area contributed by atoms with Crippen LogP contribution in [0.5, 0.6) is 0 Å². The lowest BCUT2D eigenvalue weighted by Crippen LogP contribution is -2.36. The van der Waals surface area contributed by atoms with Gasteiger partial charge in [0, 0.05) is 6.04 Å². The summed E-state index contributed by atoms with van der Waals surface area (Å²) in [5, 5.41) is 8.84. The quantitative estimate of drug-likeness (QED) is 0.734. The first-order valence-electron chi connectivity index (χ1n) is 7.22. The first-order valence-corrected chi connectivity index (χ1v) is 8.70. The van der Waals surface area contributed by atoms with Gasteiger partial charge in [0.1, 0.15) is 0 Å². The van der Waals surface area contributed by atoms with Crippen LogP contribution in [0.4, 0.5) is 0 Å². The number of rotatable bonds is 9. The van der Waals surface area contributed by atoms with E-state index >= 15 is 0 Å². The number of sulfonamides is 1. The molecule has 0 saturated carbocycles. The molecule has 0 fully saturated rings. The Morgan fingerprint density at radius 3 is 2.29 bits per heavy atom. The summed E-state index contributed by atoms with van der Waals surface area (Å²) in [6, 6.07) is 6.15. The summed E-state index contributed by atoms with van der Waals surface area (Å²) in [7, 11) is -3.67. The molecule has 21 heavy (non-hydrogen) atoms. The van der Waals surface area contributed by atoms with Gasteiger partial charge in [0.2, 0.25) is 10.0 Å². The summed E-state index contributed by atoms with van der Waals surface area (Å²) in [6.07, 6.45) is 2.92. The lowest BCUT2D eigenvalue weighted by atomic mass is 10.1. The zero-order valence-corrected chi connectivity index (χ0v) is 13.3. The van der Waals surface area contributed by atoms with Crippen molar-refractivity contribution in [3.05, 3.63) is 29.8 Å². The number of benzene rings is 1. The molecule has 0 aliphatic heterocycles. The van der Waals surface area contributed by atoms with E-state index in [4.69, 9.17) is 5.11 Å². The molecular weight excluding hydrogens is 290 g/mol. The Hall–Kier alpha value is -1.40. The summed E-state index contributed by atoms with van der Waals surface area (Å²) in [4.78, 5) is 11.0. The van der Waals surface area contributed by atoms with E-state index in [0.29, 0.717) is 6.42 Å². The molecule has 6 heteroatoms. The molecule has 0 aromatic heterocycles. The van der Waals surface area contributed by atoms with Crippen LogP contribution in [0.1, 0.15) is 45.1 Å². The monoisotopic (exact) mass is 313 g/mol. The minimum atomic E-state index is -3.67. The Morgan fingerprint density at radius 2 is 1.81 bits per heavy atom. The second-order valence-corrected chi connectivity index (χ2v) is 6.81. The largest absolute Gasteiger partial charge is 0.481 e. The molecule has 1 rings (SSSR count). The standard InChI is InChI=1S/C15H23NO4S/c1-3-5-12-7-9-14(10-8-12)21(19,20)16-13(6-4-2)11-15(17)18/h7-10,13,16H,3-6,11H2,1-2H3,(H,17,18). The van der Waals surface area contributed by atoms with E-state index in [1.54, 1.807) is 24.3 Å². The molecule has 0 radical (unpaired) electrons. The van der Waals surface area contributed by atoms with Crippen LogP contribution in [0.25, 0.3) is 0 Å². The number of carbonyl (C=O) groups is 1. The van der Waals surface area contributed by atoms with Gasteiger partial charge in [-0.25, -0.2) is 13.1 Å². The van der Waals surface area contributed by atoms with E-state index in [2.05, 4.69) is 11.6 Å². The lowest BCUT2D eigenvalue weighted by molar-refractivity contribution is -0.137. The normalized spacial score (nSPS) is 13.0. The van der Waals surface area contributed by atoms with Gasteiger partial charge in [0.05, 0.1) is 11.3 Å². The molecule has 0 saturated heterocycles. The van der Waals surface area contributed by atoms with Crippen LogP contribution >= 0.6 is 0 Å². The zero-order chi connectivity index (χ0) is 15.9. The second kappa shape index (κ2) is 8.14. The number of hydrogen-bond acceptors (Lipinski definition) is 3. The molecule has 0 bridgehead atoms. The molecule has 0 spiro atoms. The van der Waals surface area contributed by atoms with Crippen LogP contribution in [0, 0.1) is 0 Å². The average molecular weight is 313 g/mol. The fraction of sp³-hybridized carbons (Fsp3) is 0.533. The van der Waals surface area contributed by atoms with E-state index in [-0.39, 0.29) is 11.3 Å². The maximum Gasteiger partial charge on any atom is 0.304 e. The smallest absolute Gasteiger partial charge is 0.304 e. The Labute approximate surface area is 126 Å². The van der Waals surface area contributed by atoms with Crippen molar-refractivity contribution in [2.45, 2.75) is 56.9 Å². The SMILES string of the molecule is CCCc1ccc(S(=O)(=O)NC(CCC)CC(=O)O)cc1. The topological polar surface area (TPSA) is 83.5 Å². The molecule has 1 aromatic carbocycles. The number of nitrogens with one attached hydrogen (secondary N) is 1. The highest BCUT2D eigenvalue weighted by Gasteiger charge is 2.21. The van der Waals surface area contributed by atoms with Crippen LogP contribution in [0.3, 0.4) is 0 Å². The van der Waals surface area contributed by atoms with Crippen molar-refractivity contribution in [1.29, 1.82) is 0 Å². The van der Waals surface area contributed by atoms with E-state index in [1.807, 2.05) is 6.92 Å².